The van der Waals surface area contributed by atoms with E-state index in [0.717, 1.165) is 55.3 Å². The third kappa shape index (κ3) is 4.11. The number of anilines is 1. The summed E-state index contributed by atoms with van der Waals surface area (Å²) in [5.41, 5.74) is 7.79. The highest BCUT2D eigenvalue weighted by atomic mass is 32.2. The molecule has 1 aliphatic heterocycles. The standard InChI is InChI=1S/C22H27N7O4S/c1-32-16-8-9-33-21-19(11-25-29(21)12-16)34(31,28-24-13-23)27-22(30)26-20-17-6-2-4-14(17)10-15-5-3-7-18(15)20/h10-11,16,24H,2-9,12H2,1H3,(H2,26,27,28,30,31)/t16-,34?/m1/s1. The first kappa shape index (κ1) is 22.6. The van der Waals surface area contributed by atoms with E-state index in [9.17, 15) is 9.00 Å². The van der Waals surface area contributed by atoms with Crippen LogP contribution in [-0.2, 0) is 46.9 Å². The molecule has 2 atom stereocenters. The van der Waals surface area contributed by atoms with Crippen LogP contribution in [0.15, 0.2) is 21.5 Å². The van der Waals surface area contributed by atoms with Crippen LogP contribution in [0.25, 0.3) is 0 Å². The highest BCUT2D eigenvalue weighted by Gasteiger charge is 2.29. The van der Waals surface area contributed by atoms with Gasteiger partial charge in [-0.2, -0.15) is 10.4 Å². The summed E-state index contributed by atoms with van der Waals surface area (Å²) in [7, 11) is -2.03. The first-order valence-corrected chi connectivity index (χ1v) is 12.9. The number of ether oxygens (including phenoxy) is 2. The van der Waals surface area contributed by atoms with Crippen molar-refractivity contribution in [2.45, 2.75) is 62.5 Å². The number of hydrogen-bond acceptors (Lipinski definition) is 7. The maximum absolute atomic E-state index is 13.9. The van der Waals surface area contributed by atoms with Crippen LogP contribution in [0, 0.1) is 11.5 Å². The molecule has 2 aliphatic carbocycles. The van der Waals surface area contributed by atoms with Gasteiger partial charge in [0.25, 0.3) is 0 Å². The molecule has 2 amide bonds. The minimum atomic E-state index is -3.64. The number of urea groups is 1. The summed E-state index contributed by atoms with van der Waals surface area (Å²) >= 11 is 0. The van der Waals surface area contributed by atoms with E-state index in [4.69, 9.17) is 14.7 Å². The second-order valence-electron chi connectivity index (χ2n) is 8.61. The number of aromatic nitrogens is 2. The van der Waals surface area contributed by atoms with Crippen molar-refractivity contribution in [1.29, 1.82) is 5.26 Å². The zero-order chi connectivity index (χ0) is 23.7. The van der Waals surface area contributed by atoms with Crippen molar-refractivity contribution in [3.63, 3.8) is 0 Å². The van der Waals surface area contributed by atoms with Gasteiger partial charge < -0.3 is 14.8 Å². The predicted molar refractivity (Wildman–Crippen MR) is 123 cm³/mol. The SMILES string of the molecule is CO[C@@H]1CCOc2c(S(=O)(=NC(=O)Nc3c4c(cc5c3CCC5)CCC4)NNC#N)cnn2C1. The van der Waals surface area contributed by atoms with Crippen molar-refractivity contribution < 1.29 is 18.5 Å². The molecule has 12 heteroatoms. The van der Waals surface area contributed by atoms with E-state index < -0.39 is 15.9 Å². The summed E-state index contributed by atoms with van der Waals surface area (Å²) in [4.78, 5) is 15.6. The van der Waals surface area contributed by atoms with Gasteiger partial charge >= 0.3 is 6.03 Å². The van der Waals surface area contributed by atoms with E-state index >= 15 is 0 Å². The Morgan fingerprint density at radius 1 is 1.29 bits per heavy atom. The number of carbonyl (C=O) groups is 1. The van der Waals surface area contributed by atoms with Crippen LogP contribution >= 0.6 is 0 Å². The molecular formula is C22H27N7O4S. The van der Waals surface area contributed by atoms with E-state index in [1.807, 2.05) is 0 Å². The number of nitriles is 1. The topological polar surface area (TPSA) is 143 Å². The van der Waals surface area contributed by atoms with Gasteiger partial charge in [0.05, 0.1) is 25.5 Å². The van der Waals surface area contributed by atoms with E-state index in [2.05, 4.69) is 31.1 Å². The van der Waals surface area contributed by atoms with Gasteiger partial charge in [0, 0.05) is 19.2 Å². The number of carbonyl (C=O) groups excluding carboxylic acids is 1. The van der Waals surface area contributed by atoms with Crippen molar-refractivity contribution in [2.75, 3.05) is 19.0 Å². The fourth-order valence-corrected chi connectivity index (χ4v) is 6.33. The minimum Gasteiger partial charge on any atom is -0.477 e. The Morgan fingerprint density at radius 2 is 2.03 bits per heavy atom. The Bertz CT molecular complexity index is 1260. The number of benzene rings is 1. The molecule has 2 heterocycles. The first-order chi connectivity index (χ1) is 16.5. The molecule has 0 bridgehead atoms. The van der Waals surface area contributed by atoms with Gasteiger partial charge in [0.1, 0.15) is 4.90 Å². The first-order valence-electron chi connectivity index (χ1n) is 11.4. The molecule has 3 aliphatic rings. The fourth-order valence-electron chi connectivity index (χ4n) is 5.02. The zero-order valence-corrected chi connectivity index (χ0v) is 19.7. The third-order valence-electron chi connectivity index (χ3n) is 6.61. The molecule has 5 rings (SSSR count). The Balaban J connectivity index is 1.51. The maximum atomic E-state index is 13.9. The molecule has 180 valence electrons. The molecule has 34 heavy (non-hydrogen) atoms. The van der Waals surface area contributed by atoms with Crippen molar-refractivity contribution in [2.24, 2.45) is 4.36 Å². The number of nitrogens with one attached hydrogen (secondary N) is 3. The van der Waals surface area contributed by atoms with Gasteiger partial charge in [-0.05, 0) is 60.8 Å². The van der Waals surface area contributed by atoms with Gasteiger partial charge in [-0.15, -0.1) is 9.19 Å². The molecule has 0 saturated carbocycles. The number of nitrogens with zero attached hydrogens (tertiary/aromatic N) is 4. The van der Waals surface area contributed by atoms with Gasteiger partial charge in [-0.3, -0.25) is 0 Å². The molecule has 1 unspecified atom stereocenters. The Labute approximate surface area is 198 Å². The second kappa shape index (κ2) is 9.25. The molecule has 3 N–H and O–H groups in total. The zero-order valence-electron chi connectivity index (χ0n) is 18.9. The Hall–Kier alpha value is -3.14. The quantitative estimate of drug-likeness (QED) is 0.335. The Morgan fingerprint density at radius 3 is 2.71 bits per heavy atom. The lowest BCUT2D eigenvalue weighted by Gasteiger charge is -2.16. The fraction of sp³-hybridized carbons (Fsp3) is 0.500. The summed E-state index contributed by atoms with van der Waals surface area (Å²) in [6.07, 6.45) is 9.40. The second-order valence-corrected chi connectivity index (χ2v) is 10.5. The molecule has 11 nitrogen and oxygen atoms in total. The van der Waals surface area contributed by atoms with Crippen LogP contribution in [-0.4, -0.2) is 39.8 Å². The van der Waals surface area contributed by atoms with Crippen molar-refractivity contribution in [3.8, 4) is 12.1 Å². The summed E-state index contributed by atoms with van der Waals surface area (Å²) < 4.78 is 30.6. The van der Waals surface area contributed by atoms with E-state index in [1.165, 1.54) is 22.0 Å². The summed E-state index contributed by atoms with van der Waals surface area (Å²) in [5, 5.41) is 16.2. The lowest BCUT2D eigenvalue weighted by atomic mass is 9.99. The lowest BCUT2D eigenvalue weighted by molar-refractivity contribution is 0.0775. The molecule has 0 saturated heterocycles. The molecular weight excluding hydrogens is 458 g/mol. The van der Waals surface area contributed by atoms with E-state index in [1.54, 1.807) is 13.3 Å². The van der Waals surface area contributed by atoms with E-state index in [-0.39, 0.29) is 16.9 Å². The average Bonchev–Trinajstić information content (AvgIpc) is 3.55. The number of hydrogen-bond donors (Lipinski definition) is 3. The molecule has 0 fully saturated rings. The van der Waals surface area contributed by atoms with Gasteiger partial charge in [0.2, 0.25) is 5.88 Å². The number of rotatable bonds is 5. The summed E-state index contributed by atoms with van der Waals surface area (Å²) in [6.45, 7) is 0.731. The highest BCUT2D eigenvalue weighted by molar-refractivity contribution is 7.92. The minimum absolute atomic E-state index is 0.0886. The largest absolute Gasteiger partial charge is 0.477 e. The van der Waals surface area contributed by atoms with Crippen LogP contribution in [0.3, 0.4) is 0 Å². The van der Waals surface area contributed by atoms with Gasteiger partial charge in [-0.1, -0.05) is 6.07 Å². The monoisotopic (exact) mass is 485 g/mol. The van der Waals surface area contributed by atoms with Crippen molar-refractivity contribution in [1.82, 2.24) is 20.0 Å². The normalized spacial score (nSPS) is 20.1. The van der Waals surface area contributed by atoms with Crippen LogP contribution in [0.5, 0.6) is 5.88 Å². The van der Waals surface area contributed by atoms with Crippen LogP contribution in [0.2, 0.25) is 0 Å². The predicted octanol–water partition coefficient (Wildman–Crippen LogP) is 2.21. The Kier molecular flexibility index (Phi) is 6.16. The lowest BCUT2D eigenvalue weighted by Crippen LogP contribution is -2.35. The van der Waals surface area contributed by atoms with Crippen LogP contribution in [0.1, 0.15) is 41.5 Å². The van der Waals surface area contributed by atoms with Gasteiger partial charge in [-0.25, -0.2) is 19.1 Å². The molecule has 1 aromatic heterocycles. The van der Waals surface area contributed by atoms with Crippen LogP contribution in [0.4, 0.5) is 10.5 Å². The number of hydrazine groups is 1. The molecule has 1 aromatic carbocycles. The van der Waals surface area contributed by atoms with Crippen molar-refractivity contribution in [3.05, 3.63) is 34.5 Å². The molecule has 2 aromatic rings. The highest BCUT2D eigenvalue weighted by Crippen LogP contribution is 2.38. The van der Waals surface area contributed by atoms with Gasteiger partial charge in [0.15, 0.2) is 16.1 Å². The summed E-state index contributed by atoms with van der Waals surface area (Å²) in [6, 6.07) is 1.51. The average molecular weight is 486 g/mol. The summed E-state index contributed by atoms with van der Waals surface area (Å²) in [5.74, 6) is 0.231. The smallest absolute Gasteiger partial charge is 0.354 e. The van der Waals surface area contributed by atoms with E-state index in [0.29, 0.717) is 19.6 Å². The van der Waals surface area contributed by atoms with Crippen molar-refractivity contribution >= 4 is 21.6 Å². The number of aryl methyl sites for hydroxylation is 2. The number of amides is 2. The molecule has 0 spiro atoms. The third-order valence-corrected chi connectivity index (χ3v) is 8.29. The number of methoxy groups -OCH3 is 1. The maximum Gasteiger partial charge on any atom is 0.354 e. The number of fused-ring (bicyclic) bond motifs is 3. The van der Waals surface area contributed by atoms with Crippen LogP contribution < -0.4 is 20.3 Å². The molecule has 0 radical (unpaired) electrons.